The molecule has 0 atom stereocenters. The summed E-state index contributed by atoms with van der Waals surface area (Å²) in [6, 6.07) is 7.91. The Labute approximate surface area is 112 Å². The highest BCUT2D eigenvalue weighted by Crippen LogP contribution is 2.22. The van der Waals surface area contributed by atoms with Crippen molar-refractivity contribution in [3.8, 4) is 0 Å². The number of para-hydroxylation sites is 1. The second-order valence-electron chi connectivity index (χ2n) is 4.08. The number of anilines is 3. The molecule has 0 radical (unpaired) electrons. The van der Waals surface area contributed by atoms with Gasteiger partial charge in [0.25, 0.3) is 0 Å². The first kappa shape index (κ1) is 13.3. The van der Waals surface area contributed by atoms with Crippen LogP contribution in [0.2, 0.25) is 0 Å². The van der Waals surface area contributed by atoms with Crippen LogP contribution in [0.1, 0.15) is 11.1 Å². The van der Waals surface area contributed by atoms with E-state index < -0.39 is 0 Å². The van der Waals surface area contributed by atoms with E-state index in [-0.39, 0.29) is 0 Å². The highest BCUT2D eigenvalue weighted by Gasteiger charge is 2.06. The number of benzene rings is 1. The van der Waals surface area contributed by atoms with Crippen molar-refractivity contribution in [1.82, 2.24) is 9.97 Å². The van der Waals surface area contributed by atoms with Gasteiger partial charge in [-0.05, 0) is 13.0 Å². The highest BCUT2D eigenvalue weighted by atomic mass is 16.5. The number of nitrogens with zero attached hydrogens (tertiary/aromatic N) is 2. The molecule has 1 aromatic heterocycles. The predicted molar refractivity (Wildman–Crippen MR) is 75.0 cm³/mol. The van der Waals surface area contributed by atoms with E-state index in [4.69, 9.17) is 10.6 Å². The van der Waals surface area contributed by atoms with E-state index in [2.05, 4.69) is 20.7 Å². The summed E-state index contributed by atoms with van der Waals surface area (Å²) in [5, 5.41) is 3.27. The summed E-state index contributed by atoms with van der Waals surface area (Å²) in [5.74, 6) is 6.40. The third kappa shape index (κ3) is 3.18. The summed E-state index contributed by atoms with van der Waals surface area (Å²) in [6.07, 6.45) is 1.71. The fourth-order valence-corrected chi connectivity index (χ4v) is 1.69. The maximum absolute atomic E-state index is 5.32. The molecule has 0 saturated heterocycles. The lowest BCUT2D eigenvalue weighted by atomic mass is 10.2. The van der Waals surface area contributed by atoms with Gasteiger partial charge >= 0.3 is 0 Å². The molecule has 4 N–H and O–H groups in total. The Hall–Kier alpha value is -2.18. The standard InChI is InChI=1S/C13H17N5O/c1-9-7-15-13(18-14)17-12(9)16-11-6-4-3-5-10(11)8-19-2/h3-7H,8,14H2,1-2H3,(H2,15,16,17,18). The first-order valence-electron chi connectivity index (χ1n) is 5.88. The molecule has 1 aromatic carbocycles. The van der Waals surface area contributed by atoms with Gasteiger partial charge in [-0.1, -0.05) is 18.2 Å². The molecule has 0 amide bonds. The Morgan fingerprint density at radius 2 is 2.11 bits per heavy atom. The molecule has 6 heteroatoms. The maximum atomic E-state index is 5.32. The zero-order valence-electron chi connectivity index (χ0n) is 11.0. The first-order chi connectivity index (χ1) is 9.24. The number of hydrogen-bond acceptors (Lipinski definition) is 6. The summed E-state index contributed by atoms with van der Waals surface area (Å²) < 4.78 is 5.18. The molecular formula is C13H17N5O. The average molecular weight is 259 g/mol. The minimum Gasteiger partial charge on any atom is -0.380 e. The van der Waals surface area contributed by atoms with Crippen LogP contribution in [0.4, 0.5) is 17.5 Å². The molecule has 0 spiro atoms. The van der Waals surface area contributed by atoms with E-state index in [1.165, 1.54) is 0 Å². The van der Waals surface area contributed by atoms with Crippen LogP contribution < -0.4 is 16.6 Å². The van der Waals surface area contributed by atoms with Gasteiger partial charge < -0.3 is 10.1 Å². The molecule has 6 nitrogen and oxygen atoms in total. The quantitative estimate of drug-likeness (QED) is 0.562. The molecule has 100 valence electrons. The Morgan fingerprint density at radius 1 is 1.32 bits per heavy atom. The van der Waals surface area contributed by atoms with Gasteiger partial charge in [-0.2, -0.15) is 4.98 Å². The van der Waals surface area contributed by atoms with Crippen LogP contribution in [0.25, 0.3) is 0 Å². The molecule has 0 unspecified atom stereocenters. The van der Waals surface area contributed by atoms with Crippen molar-refractivity contribution in [1.29, 1.82) is 0 Å². The Bertz CT molecular complexity index is 558. The van der Waals surface area contributed by atoms with E-state index in [9.17, 15) is 0 Å². The summed E-state index contributed by atoms with van der Waals surface area (Å²) in [6.45, 7) is 2.47. The Morgan fingerprint density at radius 3 is 2.84 bits per heavy atom. The lowest BCUT2D eigenvalue weighted by Gasteiger charge is -2.13. The smallest absolute Gasteiger partial charge is 0.239 e. The van der Waals surface area contributed by atoms with E-state index in [0.29, 0.717) is 18.4 Å². The largest absolute Gasteiger partial charge is 0.380 e. The second kappa shape index (κ2) is 6.12. The van der Waals surface area contributed by atoms with Crippen molar-refractivity contribution in [2.45, 2.75) is 13.5 Å². The van der Waals surface area contributed by atoms with Gasteiger partial charge in [0.05, 0.1) is 6.61 Å². The van der Waals surface area contributed by atoms with Gasteiger partial charge in [0.2, 0.25) is 5.95 Å². The van der Waals surface area contributed by atoms with Crippen molar-refractivity contribution in [2.75, 3.05) is 17.9 Å². The summed E-state index contributed by atoms with van der Waals surface area (Å²) in [5.41, 5.74) is 5.38. The van der Waals surface area contributed by atoms with Crippen molar-refractivity contribution in [2.24, 2.45) is 5.84 Å². The number of nitrogens with one attached hydrogen (secondary N) is 2. The molecule has 2 aromatic rings. The van der Waals surface area contributed by atoms with E-state index in [1.807, 2.05) is 31.2 Å². The zero-order chi connectivity index (χ0) is 13.7. The van der Waals surface area contributed by atoms with Gasteiger partial charge in [-0.3, -0.25) is 5.43 Å². The molecule has 0 fully saturated rings. The van der Waals surface area contributed by atoms with Gasteiger partial charge in [0.1, 0.15) is 5.82 Å². The SMILES string of the molecule is COCc1ccccc1Nc1nc(NN)ncc1C. The number of nitrogen functional groups attached to an aromatic ring is 1. The van der Waals surface area contributed by atoms with E-state index in [1.54, 1.807) is 13.3 Å². The molecule has 1 heterocycles. The molecule has 0 aliphatic rings. The first-order valence-corrected chi connectivity index (χ1v) is 5.88. The maximum Gasteiger partial charge on any atom is 0.239 e. The third-order valence-corrected chi connectivity index (χ3v) is 2.67. The highest BCUT2D eigenvalue weighted by molar-refractivity contribution is 5.63. The monoisotopic (exact) mass is 259 g/mol. The normalized spacial score (nSPS) is 10.3. The number of rotatable bonds is 5. The lowest BCUT2D eigenvalue weighted by Crippen LogP contribution is -2.12. The number of nitrogens with two attached hydrogens (primary N) is 1. The van der Waals surface area contributed by atoms with Crippen LogP contribution in [0.5, 0.6) is 0 Å². The van der Waals surface area contributed by atoms with E-state index in [0.717, 1.165) is 16.8 Å². The molecule has 0 bridgehead atoms. The van der Waals surface area contributed by atoms with Crippen LogP contribution in [-0.4, -0.2) is 17.1 Å². The van der Waals surface area contributed by atoms with Gasteiger partial charge in [-0.15, -0.1) is 0 Å². The van der Waals surface area contributed by atoms with Crippen LogP contribution in [0.15, 0.2) is 30.5 Å². The number of ether oxygens (including phenoxy) is 1. The van der Waals surface area contributed by atoms with Crippen LogP contribution in [0.3, 0.4) is 0 Å². The number of aryl methyl sites for hydroxylation is 1. The number of hydrazine groups is 1. The lowest BCUT2D eigenvalue weighted by molar-refractivity contribution is 0.185. The summed E-state index contributed by atoms with van der Waals surface area (Å²) >= 11 is 0. The molecule has 0 aliphatic heterocycles. The third-order valence-electron chi connectivity index (χ3n) is 2.67. The van der Waals surface area contributed by atoms with Crippen LogP contribution in [-0.2, 0) is 11.3 Å². The topological polar surface area (TPSA) is 85.1 Å². The Balaban J connectivity index is 2.30. The number of hydrogen-bond donors (Lipinski definition) is 3. The van der Waals surface area contributed by atoms with Crippen molar-refractivity contribution in [3.63, 3.8) is 0 Å². The fourth-order valence-electron chi connectivity index (χ4n) is 1.69. The fraction of sp³-hybridized carbons (Fsp3) is 0.231. The predicted octanol–water partition coefficient (Wildman–Crippen LogP) is 1.96. The van der Waals surface area contributed by atoms with Crippen LogP contribution >= 0.6 is 0 Å². The minimum atomic E-state index is 0.373. The average Bonchev–Trinajstić information content (AvgIpc) is 2.43. The Kier molecular flexibility index (Phi) is 4.27. The van der Waals surface area contributed by atoms with Gasteiger partial charge in [-0.25, -0.2) is 10.8 Å². The molecule has 0 aliphatic carbocycles. The zero-order valence-corrected chi connectivity index (χ0v) is 11.0. The summed E-state index contributed by atoms with van der Waals surface area (Å²) in [7, 11) is 1.67. The van der Waals surface area contributed by atoms with Gasteiger partial charge in [0, 0.05) is 30.1 Å². The van der Waals surface area contributed by atoms with E-state index >= 15 is 0 Å². The van der Waals surface area contributed by atoms with Crippen molar-refractivity contribution >= 4 is 17.5 Å². The van der Waals surface area contributed by atoms with Gasteiger partial charge in [0.15, 0.2) is 0 Å². The minimum absolute atomic E-state index is 0.373. The van der Waals surface area contributed by atoms with Crippen LogP contribution in [0, 0.1) is 6.92 Å². The molecule has 19 heavy (non-hydrogen) atoms. The van der Waals surface area contributed by atoms with Crippen molar-refractivity contribution < 1.29 is 4.74 Å². The van der Waals surface area contributed by atoms with Crippen molar-refractivity contribution in [3.05, 3.63) is 41.6 Å². The molecular weight excluding hydrogens is 242 g/mol. The summed E-state index contributed by atoms with van der Waals surface area (Å²) in [4.78, 5) is 8.33. The molecule has 2 rings (SSSR count). The number of aromatic nitrogens is 2. The second-order valence-corrected chi connectivity index (χ2v) is 4.08. The number of methoxy groups -OCH3 is 1. The molecule has 0 saturated carbocycles.